The predicted molar refractivity (Wildman–Crippen MR) is 112 cm³/mol. The molecule has 0 atom stereocenters. The van der Waals surface area contributed by atoms with E-state index < -0.39 is 5.82 Å². The number of carbonyl (C=O) groups is 1. The Balaban J connectivity index is 1.60. The van der Waals surface area contributed by atoms with E-state index in [0.29, 0.717) is 35.7 Å². The molecule has 8 heteroatoms. The highest BCUT2D eigenvalue weighted by atomic mass is 19.1. The fourth-order valence-electron chi connectivity index (χ4n) is 3.57. The average Bonchev–Trinajstić information content (AvgIpc) is 3.24. The van der Waals surface area contributed by atoms with E-state index in [9.17, 15) is 9.18 Å². The average molecular weight is 408 g/mol. The second-order valence-corrected chi connectivity index (χ2v) is 7.83. The summed E-state index contributed by atoms with van der Waals surface area (Å²) in [6.45, 7) is 7.03. The van der Waals surface area contributed by atoms with Gasteiger partial charge < -0.3 is 14.4 Å². The van der Waals surface area contributed by atoms with Crippen molar-refractivity contribution in [1.82, 2.24) is 29.3 Å². The van der Waals surface area contributed by atoms with Crippen molar-refractivity contribution in [2.45, 2.75) is 19.9 Å². The Bertz CT molecular complexity index is 1060. The van der Waals surface area contributed by atoms with Gasteiger partial charge in [-0.15, -0.1) is 0 Å². The third kappa shape index (κ3) is 3.95. The Morgan fingerprint density at radius 2 is 1.90 bits per heavy atom. The summed E-state index contributed by atoms with van der Waals surface area (Å²) in [7, 11) is 2.04. The minimum absolute atomic E-state index is 0.145. The van der Waals surface area contributed by atoms with E-state index in [2.05, 4.69) is 19.9 Å². The highest BCUT2D eigenvalue weighted by Gasteiger charge is 2.22. The van der Waals surface area contributed by atoms with Crippen molar-refractivity contribution in [3.05, 3.63) is 54.5 Å². The lowest BCUT2D eigenvalue weighted by Gasteiger charge is -2.32. The first-order chi connectivity index (χ1) is 14.4. The van der Waals surface area contributed by atoms with E-state index in [1.54, 1.807) is 29.4 Å². The molecule has 0 N–H and O–H groups in total. The van der Waals surface area contributed by atoms with Crippen LogP contribution >= 0.6 is 0 Å². The van der Waals surface area contributed by atoms with Crippen LogP contribution in [-0.2, 0) is 0 Å². The summed E-state index contributed by atoms with van der Waals surface area (Å²) in [6, 6.07) is 5.07. The van der Waals surface area contributed by atoms with Crippen LogP contribution in [0, 0.1) is 5.82 Å². The Morgan fingerprint density at radius 3 is 2.60 bits per heavy atom. The van der Waals surface area contributed by atoms with Crippen molar-refractivity contribution in [2.24, 2.45) is 0 Å². The Kier molecular flexibility index (Phi) is 5.59. The lowest BCUT2D eigenvalue weighted by molar-refractivity contribution is 0.0658. The number of benzene rings is 1. The van der Waals surface area contributed by atoms with Crippen molar-refractivity contribution in [3.63, 3.8) is 0 Å². The minimum atomic E-state index is -0.391. The number of piperazine rings is 1. The molecule has 0 spiro atoms. The van der Waals surface area contributed by atoms with Crippen molar-refractivity contribution >= 4 is 5.91 Å². The standard InChI is InChI=1S/C22H25FN6O/c1-15(2)29-7-6-25-21(29)17-5-4-16(12-18(17)23)19-13-24-14-20(26-19)22(30)28-10-8-27(3)9-11-28/h4-7,12-15H,8-11H2,1-3H3. The van der Waals surface area contributed by atoms with Crippen LogP contribution in [0.2, 0.25) is 0 Å². The lowest BCUT2D eigenvalue weighted by Crippen LogP contribution is -2.47. The van der Waals surface area contributed by atoms with E-state index in [1.165, 1.54) is 12.3 Å². The molecule has 3 aromatic rings. The Morgan fingerprint density at radius 1 is 1.13 bits per heavy atom. The largest absolute Gasteiger partial charge is 0.335 e. The van der Waals surface area contributed by atoms with Gasteiger partial charge in [-0.05, 0) is 33.0 Å². The normalized spacial score (nSPS) is 15.0. The van der Waals surface area contributed by atoms with E-state index in [-0.39, 0.29) is 17.6 Å². The molecule has 7 nitrogen and oxygen atoms in total. The van der Waals surface area contributed by atoms with Gasteiger partial charge in [0.05, 0.1) is 23.7 Å². The van der Waals surface area contributed by atoms with Gasteiger partial charge in [-0.25, -0.2) is 14.4 Å². The van der Waals surface area contributed by atoms with Gasteiger partial charge in [0.1, 0.15) is 17.3 Å². The molecule has 0 aliphatic carbocycles. The van der Waals surface area contributed by atoms with Gasteiger partial charge in [-0.3, -0.25) is 9.78 Å². The van der Waals surface area contributed by atoms with Gasteiger partial charge in [-0.1, -0.05) is 6.07 Å². The Labute approximate surface area is 175 Å². The summed E-state index contributed by atoms with van der Waals surface area (Å²) in [4.78, 5) is 29.7. The number of amides is 1. The van der Waals surface area contributed by atoms with Crippen molar-refractivity contribution in [3.8, 4) is 22.6 Å². The fourth-order valence-corrected chi connectivity index (χ4v) is 3.57. The molecule has 1 aromatic carbocycles. The van der Waals surface area contributed by atoms with Crippen LogP contribution in [0.25, 0.3) is 22.6 Å². The monoisotopic (exact) mass is 408 g/mol. The molecule has 1 aliphatic heterocycles. The van der Waals surface area contributed by atoms with Crippen molar-refractivity contribution < 1.29 is 9.18 Å². The summed E-state index contributed by atoms with van der Waals surface area (Å²) in [5.74, 6) is 0.0471. The molecule has 0 bridgehead atoms. The highest BCUT2D eigenvalue weighted by Crippen LogP contribution is 2.28. The number of carbonyl (C=O) groups excluding carboxylic acids is 1. The zero-order chi connectivity index (χ0) is 21.3. The van der Waals surface area contributed by atoms with Gasteiger partial charge in [0.2, 0.25) is 0 Å². The highest BCUT2D eigenvalue weighted by molar-refractivity contribution is 5.92. The van der Waals surface area contributed by atoms with Crippen LogP contribution in [0.5, 0.6) is 0 Å². The van der Waals surface area contributed by atoms with Gasteiger partial charge in [0.25, 0.3) is 5.91 Å². The molecule has 1 fully saturated rings. The molecule has 4 rings (SSSR count). The van der Waals surface area contributed by atoms with E-state index >= 15 is 0 Å². The summed E-state index contributed by atoms with van der Waals surface area (Å²) in [5.41, 5.74) is 1.74. The first-order valence-corrected chi connectivity index (χ1v) is 10.1. The number of hydrogen-bond donors (Lipinski definition) is 0. The summed E-state index contributed by atoms with van der Waals surface area (Å²) in [6.07, 6.45) is 6.52. The van der Waals surface area contributed by atoms with Crippen molar-refractivity contribution in [1.29, 1.82) is 0 Å². The number of likely N-dealkylation sites (N-methyl/N-ethyl adjacent to an activating group) is 1. The number of nitrogens with zero attached hydrogens (tertiary/aromatic N) is 6. The van der Waals surface area contributed by atoms with Gasteiger partial charge in [0, 0.05) is 50.2 Å². The molecule has 1 aliphatic rings. The first kappa shape index (κ1) is 20.2. The minimum Gasteiger partial charge on any atom is -0.335 e. The Hall–Kier alpha value is -3.13. The van der Waals surface area contributed by atoms with Crippen LogP contribution in [0.3, 0.4) is 0 Å². The van der Waals surface area contributed by atoms with Crippen LogP contribution in [0.4, 0.5) is 4.39 Å². The summed E-state index contributed by atoms with van der Waals surface area (Å²) >= 11 is 0. The fraction of sp³-hybridized carbons (Fsp3) is 0.364. The van der Waals surface area contributed by atoms with Crippen LogP contribution in [0.15, 0.2) is 43.0 Å². The molecule has 0 radical (unpaired) electrons. The van der Waals surface area contributed by atoms with Crippen LogP contribution in [-0.4, -0.2) is 68.5 Å². The van der Waals surface area contributed by atoms with Crippen molar-refractivity contribution in [2.75, 3.05) is 33.2 Å². The van der Waals surface area contributed by atoms with Gasteiger partial charge in [0.15, 0.2) is 0 Å². The maximum absolute atomic E-state index is 14.9. The van der Waals surface area contributed by atoms with E-state index in [4.69, 9.17) is 0 Å². The zero-order valence-electron chi connectivity index (χ0n) is 17.4. The predicted octanol–water partition coefficient (Wildman–Crippen LogP) is 3.11. The molecule has 0 saturated carbocycles. The molecule has 1 amide bonds. The molecular formula is C22H25FN6O. The van der Waals surface area contributed by atoms with E-state index in [1.807, 2.05) is 31.7 Å². The number of hydrogen-bond acceptors (Lipinski definition) is 5. The van der Waals surface area contributed by atoms with E-state index in [0.717, 1.165) is 13.1 Å². The molecule has 1 saturated heterocycles. The van der Waals surface area contributed by atoms with Gasteiger partial charge >= 0.3 is 0 Å². The molecule has 30 heavy (non-hydrogen) atoms. The maximum Gasteiger partial charge on any atom is 0.274 e. The number of halogens is 1. The van der Waals surface area contributed by atoms with Crippen LogP contribution < -0.4 is 0 Å². The molecule has 0 unspecified atom stereocenters. The topological polar surface area (TPSA) is 67.2 Å². The lowest BCUT2D eigenvalue weighted by atomic mass is 10.1. The first-order valence-electron chi connectivity index (χ1n) is 10.1. The summed E-state index contributed by atoms with van der Waals surface area (Å²) < 4.78 is 16.9. The third-order valence-corrected chi connectivity index (χ3v) is 5.37. The molecular weight excluding hydrogens is 383 g/mol. The SMILES string of the molecule is CC(C)n1ccnc1-c1ccc(-c2cncc(C(=O)N3CCN(C)CC3)n2)cc1F. The number of aromatic nitrogens is 4. The molecule has 3 heterocycles. The van der Waals surface area contributed by atoms with Gasteiger partial charge in [-0.2, -0.15) is 0 Å². The number of imidazole rings is 1. The number of rotatable bonds is 4. The second-order valence-electron chi connectivity index (χ2n) is 7.83. The zero-order valence-corrected chi connectivity index (χ0v) is 17.4. The third-order valence-electron chi connectivity index (χ3n) is 5.37. The maximum atomic E-state index is 14.9. The van der Waals surface area contributed by atoms with Crippen LogP contribution in [0.1, 0.15) is 30.4 Å². The smallest absolute Gasteiger partial charge is 0.274 e. The quantitative estimate of drug-likeness (QED) is 0.664. The molecule has 2 aromatic heterocycles. The second kappa shape index (κ2) is 8.31. The molecule has 156 valence electrons. The summed E-state index contributed by atoms with van der Waals surface area (Å²) in [5, 5.41) is 0.